The number of H-pyrrole nitrogens is 1. The molecule has 1 N–H and O–H groups in total. The van der Waals surface area contributed by atoms with Gasteiger partial charge in [0.15, 0.2) is 4.77 Å². The van der Waals surface area contributed by atoms with E-state index in [-0.39, 0.29) is 5.97 Å². The third kappa shape index (κ3) is 2.06. The highest BCUT2D eigenvalue weighted by Crippen LogP contribution is 2.23. The van der Waals surface area contributed by atoms with E-state index in [0.29, 0.717) is 11.4 Å². The molecule has 0 spiro atoms. The van der Waals surface area contributed by atoms with Crippen molar-refractivity contribution in [2.45, 2.75) is 26.8 Å². The molecule has 0 fully saturated rings. The zero-order valence-electron chi connectivity index (χ0n) is 10.7. The summed E-state index contributed by atoms with van der Waals surface area (Å²) in [5.41, 5.74) is 2.98. The van der Waals surface area contributed by atoms with E-state index in [0.717, 1.165) is 16.6 Å². The second kappa shape index (κ2) is 4.94. The van der Waals surface area contributed by atoms with Crippen LogP contribution in [0.25, 0.3) is 11.0 Å². The summed E-state index contributed by atoms with van der Waals surface area (Å²) < 4.78 is 7.41. The number of nitrogens with one attached hydrogen (secondary N) is 1. The van der Waals surface area contributed by atoms with Crippen LogP contribution in [0.5, 0.6) is 0 Å². The van der Waals surface area contributed by atoms with Crippen molar-refractivity contribution in [1.29, 1.82) is 0 Å². The van der Waals surface area contributed by atoms with Crippen LogP contribution in [-0.2, 0) is 9.53 Å². The van der Waals surface area contributed by atoms with Gasteiger partial charge in [0.2, 0.25) is 0 Å². The Morgan fingerprint density at radius 3 is 2.94 bits per heavy atom. The number of esters is 1. The molecule has 0 aliphatic carbocycles. The van der Waals surface area contributed by atoms with Gasteiger partial charge in [-0.15, -0.1) is 0 Å². The van der Waals surface area contributed by atoms with Crippen LogP contribution in [0, 0.1) is 11.7 Å². The van der Waals surface area contributed by atoms with Crippen molar-refractivity contribution < 1.29 is 9.53 Å². The number of aryl methyl sites for hydroxylation is 1. The van der Waals surface area contributed by atoms with Crippen LogP contribution in [0.2, 0.25) is 0 Å². The number of fused-ring (bicyclic) bond motifs is 1. The number of imidazole rings is 1. The van der Waals surface area contributed by atoms with Crippen LogP contribution in [0.1, 0.15) is 25.5 Å². The smallest absolute Gasteiger partial charge is 0.328 e. The predicted molar refractivity (Wildman–Crippen MR) is 73.2 cm³/mol. The van der Waals surface area contributed by atoms with Crippen molar-refractivity contribution in [3.63, 3.8) is 0 Å². The molecular weight excluding hydrogens is 248 g/mol. The van der Waals surface area contributed by atoms with Crippen molar-refractivity contribution in [3.8, 4) is 0 Å². The molecule has 0 aliphatic rings. The van der Waals surface area contributed by atoms with Crippen molar-refractivity contribution in [3.05, 3.63) is 28.5 Å². The zero-order valence-corrected chi connectivity index (χ0v) is 11.5. The third-order valence-corrected chi connectivity index (χ3v) is 3.25. The fourth-order valence-electron chi connectivity index (χ4n) is 2.09. The standard InChI is InChI=1S/C13H16N2O2S/c1-4-17-12(16)9(3)15-11-8(2)6-5-7-10(11)14-13(15)18/h5-7,9H,4H2,1-3H3,(H,14,18). The number of benzene rings is 1. The first kappa shape index (κ1) is 12.8. The minimum Gasteiger partial charge on any atom is -0.464 e. The van der Waals surface area contributed by atoms with E-state index in [1.165, 1.54) is 0 Å². The SMILES string of the molecule is CCOC(=O)C(C)n1c(=S)[nH]c2cccc(C)c21. The maximum atomic E-state index is 11.8. The highest BCUT2D eigenvalue weighted by molar-refractivity contribution is 7.71. The zero-order chi connectivity index (χ0) is 13.3. The quantitative estimate of drug-likeness (QED) is 0.684. The number of hydrogen-bond acceptors (Lipinski definition) is 3. The molecule has 0 amide bonds. The summed E-state index contributed by atoms with van der Waals surface area (Å²) in [4.78, 5) is 15.0. The van der Waals surface area contributed by atoms with E-state index in [4.69, 9.17) is 17.0 Å². The van der Waals surface area contributed by atoms with E-state index in [1.54, 1.807) is 13.8 Å². The summed E-state index contributed by atoms with van der Waals surface area (Å²) >= 11 is 5.29. The minimum atomic E-state index is -0.424. The van der Waals surface area contributed by atoms with Crippen LogP contribution in [0.3, 0.4) is 0 Å². The first-order chi connectivity index (χ1) is 8.56. The van der Waals surface area contributed by atoms with Crippen LogP contribution in [-0.4, -0.2) is 22.1 Å². The molecule has 4 nitrogen and oxygen atoms in total. The van der Waals surface area contributed by atoms with Crippen molar-refractivity contribution in [2.75, 3.05) is 6.61 Å². The Balaban J connectivity index is 2.60. The molecule has 96 valence electrons. The van der Waals surface area contributed by atoms with Crippen molar-refractivity contribution in [1.82, 2.24) is 9.55 Å². The van der Waals surface area contributed by atoms with Gasteiger partial charge >= 0.3 is 5.97 Å². The fraction of sp³-hybridized carbons (Fsp3) is 0.385. The number of carbonyl (C=O) groups is 1. The predicted octanol–water partition coefficient (Wildman–Crippen LogP) is 3.13. The van der Waals surface area contributed by atoms with Gasteiger partial charge < -0.3 is 14.3 Å². The molecule has 0 aliphatic heterocycles. The number of rotatable bonds is 3. The average molecular weight is 264 g/mol. The number of hydrogen-bond donors (Lipinski definition) is 1. The monoisotopic (exact) mass is 264 g/mol. The number of aromatic nitrogens is 2. The number of ether oxygens (including phenoxy) is 1. The minimum absolute atomic E-state index is 0.266. The summed E-state index contributed by atoms with van der Waals surface area (Å²) in [7, 11) is 0. The largest absolute Gasteiger partial charge is 0.464 e. The van der Waals surface area contributed by atoms with Crippen LogP contribution < -0.4 is 0 Å². The van der Waals surface area contributed by atoms with Gasteiger partial charge in [-0.2, -0.15) is 0 Å². The lowest BCUT2D eigenvalue weighted by atomic mass is 10.2. The number of carbonyl (C=O) groups excluding carboxylic acids is 1. The Morgan fingerprint density at radius 1 is 1.56 bits per heavy atom. The highest BCUT2D eigenvalue weighted by Gasteiger charge is 2.20. The molecule has 1 unspecified atom stereocenters. The maximum absolute atomic E-state index is 11.8. The second-order valence-electron chi connectivity index (χ2n) is 4.20. The Bertz CT molecular complexity index is 642. The molecule has 2 rings (SSSR count). The van der Waals surface area contributed by atoms with Gasteiger partial charge in [0.25, 0.3) is 0 Å². The number of para-hydroxylation sites is 1. The molecule has 1 aromatic carbocycles. The summed E-state index contributed by atoms with van der Waals surface area (Å²) in [6.07, 6.45) is 0. The van der Waals surface area contributed by atoms with Gasteiger partial charge in [-0.3, -0.25) is 0 Å². The van der Waals surface area contributed by atoms with Gasteiger partial charge in [-0.25, -0.2) is 4.79 Å². The first-order valence-corrected chi connectivity index (χ1v) is 6.33. The molecule has 18 heavy (non-hydrogen) atoms. The lowest BCUT2D eigenvalue weighted by Gasteiger charge is -2.14. The van der Waals surface area contributed by atoms with Gasteiger partial charge in [0, 0.05) is 0 Å². The van der Waals surface area contributed by atoms with Crippen LogP contribution in [0.4, 0.5) is 0 Å². The Morgan fingerprint density at radius 2 is 2.28 bits per heavy atom. The summed E-state index contributed by atoms with van der Waals surface area (Å²) in [5, 5.41) is 0. The number of nitrogens with zero attached hydrogens (tertiary/aromatic N) is 1. The van der Waals surface area contributed by atoms with Crippen LogP contribution in [0.15, 0.2) is 18.2 Å². The average Bonchev–Trinajstić information content (AvgIpc) is 2.66. The van der Waals surface area contributed by atoms with Crippen LogP contribution >= 0.6 is 12.2 Å². The van der Waals surface area contributed by atoms with Gasteiger partial charge in [-0.05, 0) is 44.6 Å². The van der Waals surface area contributed by atoms with Crippen molar-refractivity contribution in [2.24, 2.45) is 0 Å². The first-order valence-electron chi connectivity index (χ1n) is 5.92. The lowest BCUT2D eigenvalue weighted by molar-refractivity contribution is -0.146. The summed E-state index contributed by atoms with van der Waals surface area (Å²) in [6.45, 7) is 5.97. The summed E-state index contributed by atoms with van der Waals surface area (Å²) in [6, 6.07) is 5.49. The molecular formula is C13H16N2O2S. The molecule has 0 saturated carbocycles. The maximum Gasteiger partial charge on any atom is 0.328 e. The Labute approximate surface area is 111 Å². The van der Waals surface area contributed by atoms with Gasteiger partial charge in [0.05, 0.1) is 17.6 Å². The lowest BCUT2D eigenvalue weighted by Crippen LogP contribution is -2.19. The van der Waals surface area contributed by atoms with E-state index in [2.05, 4.69) is 4.98 Å². The normalized spacial score (nSPS) is 12.6. The molecule has 0 saturated heterocycles. The molecule has 5 heteroatoms. The molecule has 0 bridgehead atoms. The Kier molecular flexibility index (Phi) is 3.52. The third-order valence-electron chi connectivity index (χ3n) is 2.95. The molecule has 1 aromatic heterocycles. The van der Waals surface area contributed by atoms with E-state index in [9.17, 15) is 4.79 Å². The molecule has 1 heterocycles. The van der Waals surface area contributed by atoms with E-state index >= 15 is 0 Å². The topological polar surface area (TPSA) is 47.0 Å². The van der Waals surface area contributed by atoms with E-state index < -0.39 is 6.04 Å². The second-order valence-corrected chi connectivity index (χ2v) is 4.59. The van der Waals surface area contributed by atoms with Gasteiger partial charge in [0.1, 0.15) is 6.04 Å². The molecule has 1 atom stereocenters. The highest BCUT2D eigenvalue weighted by atomic mass is 32.1. The van der Waals surface area contributed by atoms with E-state index in [1.807, 2.05) is 29.7 Å². The Hall–Kier alpha value is -1.62. The van der Waals surface area contributed by atoms with Crippen molar-refractivity contribution >= 4 is 29.2 Å². The molecule has 0 radical (unpaired) electrons. The number of aromatic amines is 1. The molecule has 2 aromatic rings. The van der Waals surface area contributed by atoms with Gasteiger partial charge in [-0.1, -0.05) is 12.1 Å². The summed E-state index contributed by atoms with van der Waals surface area (Å²) in [5.74, 6) is -0.266. The fourth-order valence-corrected chi connectivity index (χ4v) is 2.45.